The Balaban J connectivity index is 2.89. The van der Waals surface area contributed by atoms with Crippen molar-refractivity contribution in [1.82, 2.24) is 4.90 Å². The van der Waals surface area contributed by atoms with Crippen LogP contribution in [0.15, 0.2) is 18.2 Å². The number of nitrogens with one attached hydrogen (secondary N) is 1. The fourth-order valence-electron chi connectivity index (χ4n) is 1.31. The molecule has 5 nitrogen and oxygen atoms in total. The van der Waals surface area contributed by atoms with E-state index >= 15 is 0 Å². The summed E-state index contributed by atoms with van der Waals surface area (Å²) in [5.41, 5.74) is -0.626. The van der Waals surface area contributed by atoms with Crippen LogP contribution in [0.4, 0.5) is 23.7 Å². The highest BCUT2D eigenvalue weighted by Crippen LogP contribution is 2.17. The number of anilines is 1. The number of hydrogen-bond acceptors (Lipinski definition) is 2. The molecule has 0 heterocycles. The minimum atomic E-state index is -2.72. The van der Waals surface area contributed by atoms with Crippen LogP contribution in [0.3, 0.4) is 0 Å². The van der Waals surface area contributed by atoms with E-state index < -0.39 is 30.8 Å². The Bertz CT molecular complexity index is 494. The number of benzene rings is 1. The number of carbonyl (C=O) groups is 2. The zero-order valence-electron chi connectivity index (χ0n) is 9.86. The first-order chi connectivity index (χ1) is 8.81. The van der Waals surface area contributed by atoms with Gasteiger partial charge in [0.15, 0.2) is 0 Å². The third-order valence-corrected chi connectivity index (χ3v) is 2.21. The highest BCUT2D eigenvalue weighted by molar-refractivity contribution is 5.99. The normalized spacial score (nSPS) is 10.4. The molecule has 0 aliphatic rings. The molecule has 0 spiro atoms. The van der Waals surface area contributed by atoms with Crippen LogP contribution in [0.2, 0.25) is 0 Å². The molecule has 0 fully saturated rings. The Labute approximate surface area is 106 Å². The number of carboxylic acid groups (broad SMARTS) is 1. The van der Waals surface area contributed by atoms with Crippen molar-refractivity contribution in [1.29, 1.82) is 0 Å². The highest BCUT2D eigenvalue weighted by atomic mass is 19.3. The zero-order valence-corrected chi connectivity index (χ0v) is 9.86. The van der Waals surface area contributed by atoms with E-state index in [-0.39, 0.29) is 11.3 Å². The minimum Gasteiger partial charge on any atom is -0.478 e. The maximum absolute atomic E-state index is 13.0. The van der Waals surface area contributed by atoms with Gasteiger partial charge < -0.3 is 15.3 Å². The van der Waals surface area contributed by atoms with Crippen LogP contribution in [0.5, 0.6) is 0 Å². The molecule has 104 valence electrons. The third kappa shape index (κ3) is 4.16. The van der Waals surface area contributed by atoms with Crippen molar-refractivity contribution in [3.05, 3.63) is 29.6 Å². The Morgan fingerprint density at radius 2 is 2.05 bits per heavy atom. The van der Waals surface area contributed by atoms with Crippen molar-refractivity contribution in [3.8, 4) is 0 Å². The first kappa shape index (κ1) is 14.8. The van der Waals surface area contributed by atoms with Crippen molar-refractivity contribution in [2.75, 3.05) is 18.9 Å². The summed E-state index contributed by atoms with van der Waals surface area (Å²) in [5, 5.41) is 10.9. The van der Waals surface area contributed by atoms with E-state index in [9.17, 15) is 22.8 Å². The van der Waals surface area contributed by atoms with Crippen LogP contribution in [0, 0.1) is 5.82 Å². The van der Waals surface area contributed by atoms with E-state index in [1.165, 1.54) is 0 Å². The van der Waals surface area contributed by atoms with Gasteiger partial charge in [0.25, 0.3) is 6.43 Å². The molecule has 0 atom stereocenters. The second-order valence-electron chi connectivity index (χ2n) is 3.70. The lowest BCUT2D eigenvalue weighted by atomic mass is 10.2. The number of amides is 2. The van der Waals surface area contributed by atoms with Crippen LogP contribution in [0.25, 0.3) is 0 Å². The maximum Gasteiger partial charge on any atom is 0.337 e. The average Bonchev–Trinajstić information content (AvgIpc) is 2.27. The molecule has 1 aromatic rings. The van der Waals surface area contributed by atoms with Gasteiger partial charge in [-0.2, -0.15) is 0 Å². The van der Waals surface area contributed by atoms with Crippen LogP contribution >= 0.6 is 0 Å². The van der Waals surface area contributed by atoms with Gasteiger partial charge in [-0.25, -0.2) is 22.8 Å². The van der Waals surface area contributed by atoms with E-state index in [0.717, 1.165) is 25.2 Å². The van der Waals surface area contributed by atoms with Gasteiger partial charge in [-0.05, 0) is 18.2 Å². The molecule has 8 heteroatoms. The van der Waals surface area contributed by atoms with Crippen molar-refractivity contribution in [3.63, 3.8) is 0 Å². The molecule has 19 heavy (non-hydrogen) atoms. The van der Waals surface area contributed by atoms with Crippen molar-refractivity contribution < 1.29 is 27.9 Å². The zero-order chi connectivity index (χ0) is 14.6. The summed E-state index contributed by atoms with van der Waals surface area (Å²) in [7, 11) is 1.11. The van der Waals surface area contributed by atoms with Gasteiger partial charge in [-0.3, -0.25) is 0 Å². The highest BCUT2D eigenvalue weighted by Gasteiger charge is 2.17. The molecule has 0 aliphatic carbocycles. The SMILES string of the molecule is CN(CC(F)F)C(=O)Nc1cc(F)ccc1C(=O)O. The van der Waals surface area contributed by atoms with Gasteiger partial charge in [-0.1, -0.05) is 0 Å². The average molecular weight is 276 g/mol. The summed E-state index contributed by atoms with van der Waals surface area (Å²) in [6.45, 7) is -0.816. The summed E-state index contributed by atoms with van der Waals surface area (Å²) in [6, 6.07) is 1.74. The van der Waals surface area contributed by atoms with E-state index in [1.54, 1.807) is 0 Å². The lowest BCUT2D eigenvalue weighted by Gasteiger charge is -2.18. The van der Waals surface area contributed by atoms with Gasteiger partial charge in [0.1, 0.15) is 5.82 Å². The van der Waals surface area contributed by atoms with Gasteiger partial charge in [0, 0.05) is 7.05 Å². The van der Waals surface area contributed by atoms with Crippen molar-refractivity contribution in [2.24, 2.45) is 0 Å². The lowest BCUT2D eigenvalue weighted by Crippen LogP contribution is -2.35. The molecule has 0 bridgehead atoms. The van der Waals surface area contributed by atoms with Gasteiger partial charge >= 0.3 is 12.0 Å². The van der Waals surface area contributed by atoms with Crippen LogP contribution in [-0.4, -0.2) is 42.0 Å². The summed E-state index contributed by atoms with van der Waals surface area (Å²) in [6.07, 6.45) is -2.72. The summed E-state index contributed by atoms with van der Waals surface area (Å²) in [5.74, 6) is -2.12. The molecular formula is C11H11F3N2O3. The number of aromatic carboxylic acids is 1. The number of hydrogen-bond donors (Lipinski definition) is 2. The molecule has 0 saturated heterocycles. The molecule has 1 aromatic carbocycles. The van der Waals surface area contributed by atoms with E-state index in [1.807, 2.05) is 0 Å². The smallest absolute Gasteiger partial charge is 0.337 e. The molecule has 0 aliphatic heterocycles. The monoisotopic (exact) mass is 276 g/mol. The minimum absolute atomic E-state index is 0.293. The number of rotatable bonds is 4. The van der Waals surface area contributed by atoms with Crippen LogP contribution in [-0.2, 0) is 0 Å². The van der Waals surface area contributed by atoms with Crippen LogP contribution < -0.4 is 5.32 Å². The largest absolute Gasteiger partial charge is 0.478 e. The quantitative estimate of drug-likeness (QED) is 0.886. The molecular weight excluding hydrogens is 265 g/mol. The predicted molar refractivity (Wildman–Crippen MR) is 61.0 cm³/mol. The first-order valence-electron chi connectivity index (χ1n) is 5.14. The number of carboxylic acids is 1. The Kier molecular flexibility index (Phi) is 4.74. The first-order valence-corrected chi connectivity index (χ1v) is 5.14. The van der Waals surface area contributed by atoms with E-state index in [0.29, 0.717) is 4.90 Å². The van der Waals surface area contributed by atoms with Gasteiger partial charge in [0.05, 0.1) is 17.8 Å². The van der Waals surface area contributed by atoms with Gasteiger partial charge in [-0.15, -0.1) is 0 Å². The standard InChI is InChI=1S/C11H11F3N2O3/c1-16(5-9(13)14)11(19)15-8-4-6(12)2-3-7(8)10(17)18/h2-4,9H,5H2,1H3,(H,15,19)(H,17,18). The molecule has 2 amide bonds. The molecule has 0 saturated carbocycles. The molecule has 0 radical (unpaired) electrons. The topological polar surface area (TPSA) is 69.6 Å². The Morgan fingerprint density at radius 3 is 2.58 bits per heavy atom. The Hall–Kier alpha value is -2.25. The fourth-order valence-corrected chi connectivity index (χ4v) is 1.31. The summed E-state index contributed by atoms with van der Waals surface area (Å²) < 4.78 is 37.2. The summed E-state index contributed by atoms with van der Waals surface area (Å²) in [4.78, 5) is 23.0. The predicted octanol–water partition coefficient (Wildman–Crippen LogP) is 2.25. The lowest BCUT2D eigenvalue weighted by molar-refractivity contribution is 0.0697. The number of halogens is 3. The van der Waals surface area contributed by atoms with E-state index in [2.05, 4.69) is 5.32 Å². The second-order valence-corrected chi connectivity index (χ2v) is 3.70. The maximum atomic E-state index is 13.0. The van der Waals surface area contributed by atoms with Gasteiger partial charge in [0.2, 0.25) is 0 Å². The number of urea groups is 1. The fraction of sp³-hybridized carbons (Fsp3) is 0.273. The van der Waals surface area contributed by atoms with Crippen LogP contribution in [0.1, 0.15) is 10.4 Å². The second kappa shape index (κ2) is 6.07. The molecule has 0 aromatic heterocycles. The number of alkyl halides is 2. The molecule has 2 N–H and O–H groups in total. The van der Waals surface area contributed by atoms with Crippen molar-refractivity contribution in [2.45, 2.75) is 6.43 Å². The Morgan fingerprint density at radius 1 is 1.42 bits per heavy atom. The van der Waals surface area contributed by atoms with Crippen molar-refractivity contribution >= 4 is 17.7 Å². The van der Waals surface area contributed by atoms with E-state index in [4.69, 9.17) is 5.11 Å². The molecule has 1 rings (SSSR count). The number of carbonyl (C=O) groups excluding carboxylic acids is 1. The number of nitrogens with zero attached hydrogens (tertiary/aromatic N) is 1. The molecule has 0 unspecified atom stereocenters. The third-order valence-electron chi connectivity index (χ3n) is 2.21. The summed E-state index contributed by atoms with van der Waals surface area (Å²) >= 11 is 0.